The van der Waals surface area contributed by atoms with Crippen LogP contribution in [0.3, 0.4) is 0 Å². The molecule has 1 spiro atoms. The molecule has 2 aliphatic heterocycles. The Balaban J connectivity index is 1.61. The highest BCUT2D eigenvalue weighted by Crippen LogP contribution is 2.41. The summed E-state index contributed by atoms with van der Waals surface area (Å²) in [5.41, 5.74) is -0.247. The molecule has 2 N–H and O–H groups in total. The molecule has 2 heterocycles. The van der Waals surface area contributed by atoms with Gasteiger partial charge < -0.3 is 15.4 Å². The van der Waals surface area contributed by atoms with E-state index in [1.165, 1.54) is 6.07 Å². The maximum Gasteiger partial charge on any atom is 0.312 e. The Morgan fingerprint density at radius 3 is 2.88 bits per heavy atom. The van der Waals surface area contributed by atoms with Gasteiger partial charge in [-0.2, -0.15) is 0 Å². The molecule has 2 fully saturated rings. The molecular formula is C16H17BrClFN2O3. The lowest BCUT2D eigenvalue weighted by molar-refractivity contribution is -0.149. The summed E-state index contributed by atoms with van der Waals surface area (Å²) in [6.45, 7) is 1.81. The van der Waals surface area contributed by atoms with Crippen LogP contribution in [0.1, 0.15) is 29.6 Å². The van der Waals surface area contributed by atoms with Gasteiger partial charge in [0.05, 0.1) is 27.0 Å². The van der Waals surface area contributed by atoms with Gasteiger partial charge >= 0.3 is 5.97 Å². The molecule has 5 nitrogen and oxygen atoms in total. The number of piperidine rings is 1. The zero-order chi connectivity index (χ0) is 17.3. The summed E-state index contributed by atoms with van der Waals surface area (Å²) in [5.74, 6) is -1.14. The van der Waals surface area contributed by atoms with E-state index in [2.05, 4.69) is 26.6 Å². The number of rotatable bonds is 3. The lowest BCUT2D eigenvalue weighted by atomic mass is 9.76. The third-order valence-electron chi connectivity index (χ3n) is 4.63. The van der Waals surface area contributed by atoms with Gasteiger partial charge in [0.2, 0.25) is 0 Å². The highest BCUT2D eigenvalue weighted by molar-refractivity contribution is 9.10. The van der Waals surface area contributed by atoms with E-state index in [0.717, 1.165) is 32.0 Å². The molecule has 2 aliphatic rings. The van der Waals surface area contributed by atoms with E-state index in [1.54, 1.807) is 0 Å². The number of cyclic esters (lactones) is 1. The first kappa shape index (κ1) is 17.6. The first-order valence-electron chi connectivity index (χ1n) is 7.76. The van der Waals surface area contributed by atoms with Crippen LogP contribution in [0.15, 0.2) is 16.6 Å². The Morgan fingerprint density at radius 1 is 1.46 bits per heavy atom. The fourth-order valence-electron chi connectivity index (χ4n) is 3.26. The minimum absolute atomic E-state index is 0.0337. The van der Waals surface area contributed by atoms with Crippen LogP contribution >= 0.6 is 27.5 Å². The zero-order valence-corrected chi connectivity index (χ0v) is 15.2. The lowest BCUT2D eigenvalue weighted by Gasteiger charge is -2.29. The van der Waals surface area contributed by atoms with Crippen LogP contribution in [0, 0.1) is 11.2 Å². The van der Waals surface area contributed by atoms with E-state index >= 15 is 0 Å². The Kier molecular flexibility index (Phi) is 5.13. The molecule has 1 atom stereocenters. The number of carbonyl (C=O) groups is 2. The average molecular weight is 420 g/mol. The monoisotopic (exact) mass is 418 g/mol. The molecule has 1 aromatic carbocycles. The number of carbonyl (C=O) groups excluding carboxylic acids is 2. The molecule has 8 heteroatoms. The van der Waals surface area contributed by atoms with Crippen molar-refractivity contribution in [2.45, 2.75) is 25.4 Å². The molecule has 1 aromatic rings. The molecule has 0 radical (unpaired) electrons. The largest absolute Gasteiger partial charge is 0.460 e. The normalized spacial score (nSPS) is 22.5. The van der Waals surface area contributed by atoms with Crippen LogP contribution in [-0.2, 0) is 9.53 Å². The van der Waals surface area contributed by atoms with Crippen molar-refractivity contribution in [1.82, 2.24) is 10.6 Å². The molecule has 0 aliphatic carbocycles. The number of halogens is 3. The summed E-state index contributed by atoms with van der Waals surface area (Å²) in [6.07, 6.45) is 1.77. The van der Waals surface area contributed by atoms with Crippen LogP contribution < -0.4 is 10.6 Å². The van der Waals surface area contributed by atoms with Gasteiger partial charge in [0, 0.05) is 6.42 Å². The number of benzene rings is 1. The Bertz CT molecular complexity index is 680. The van der Waals surface area contributed by atoms with Gasteiger partial charge in [-0.15, -0.1) is 0 Å². The van der Waals surface area contributed by atoms with E-state index in [1.807, 2.05) is 0 Å². The number of hydrogen-bond acceptors (Lipinski definition) is 4. The number of esters is 1. The summed E-state index contributed by atoms with van der Waals surface area (Å²) in [7, 11) is 0. The summed E-state index contributed by atoms with van der Waals surface area (Å²) in [6, 6.07) is 2.42. The fraction of sp³-hybridized carbons (Fsp3) is 0.500. The first-order valence-corrected chi connectivity index (χ1v) is 8.93. The van der Waals surface area contributed by atoms with Crippen LogP contribution in [0.2, 0.25) is 5.02 Å². The number of hydrogen-bond donors (Lipinski definition) is 2. The fourth-order valence-corrected chi connectivity index (χ4v) is 3.84. The molecule has 1 amide bonds. The second-order valence-corrected chi connectivity index (χ2v) is 7.48. The Labute approximate surface area is 152 Å². The Morgan fingerprint density at radius 2 is 2.17 bits per heavy atom. The van der Waals surface area contributed by atoms with Crippen molar-refractivity contribution in [2.75, 3.05) is 19.6 Å². The lowest BCUT2D eigenvalue weighted by Crippen LogP contribution is -2.39. The molecule has 3 rings (SSSR count). The molecule has 1 unspecified atom stereocenters. The van der Waals surface area contributed by atoms with Crippen molar-refractivity contribution >= 4 is 39.4 Å². The number of amides is 1. The van der Waals surface area contributed by atoms with Gasteiger partial charge in [-0.1, -0.05) is 11.6 Å². The quantitative estimate of drug-likeness (QED) is 0.584. The van der Waals surface area contributed by atoms with E-state index in [4.69, 9.17) is 16.3 Å². The molecule has 2 saturated heterocycles. The predicted octanol–water partition coefficient (Wildman–Crippen LogP) is 2.66. The second-order valence-electron chi connectivity index (χ2n) is 6.22. The molecule has 130 valence electrons. The van der Waals surface area contributed by atoms with Crippen molar-refractivity contribution < 1.29 is 18.7 Å². The minimum Gasteiger partial charge on any atom is -0.460 e. The summed E-state index contributed by atoms with van der Waals surface area (Å²) in [4.78, 5) is 24.4. The number of ether oxygens (including phenoxy) is 1. The second kappa shape index (κ2) is 6.98. The predicted molar refractivity (Wildman–Crippen MR) is 90.5 cm³/mol. The summed E-state index contributed by atoms with van der Waals surface area (Å²) in [5, 5.41) is 5.98. The Hall–Kier alpha value is -1.18. The van der Waals surface area contributed by atoms with Crippen LogP contribution in [0.25, 0.3) is 0 Å². The maximum absolute atomic E-state index is 13.4. The van der Waals surface area contributed by atoms with Crippen LogP contribution in [0.4, 0.5) is 4.39 Å². The van der Waals surface area contributed by atoms with Crippen molar-refractivity contribution in [1.29, 1.82) is 0 Å². The van der Waals surface area contributed by atoms with Gasteiger partial charge in [-0.25, -0.2) is 4.39 Å². The molecule has 0 bridgehead atoms. The molecule has 0 aromatic heterocycles. The standard InChI is InChI=1S/C16H17BrClFN2O3/c17-11-5-10(12(18)6-13(11)19)14(22)21-8-9-7-16(15(23)24-9)1-3-20-4-2-16/h5-6,9,20H,1-4,7-8H2,(H,21,22). The van der Waals surface area contributed by atoms with Gasteiger partial charge in [0.25, 0.3) is 5.91 Å². The van der Waals surface area contributed by atoms with Crippen molar-refractivity contribution in [3.8, 4) is 0 Å². The maximum atomic E-state index is 13.4. The van der Waals surface area contributed by atoms with Crippen molar-refractivity contribution in [2.24, 2.45) is 5.41 Å². The van der Waals surface area contributed by atoms with Crippen molar-refractivity contribution in [3.63, 3.8) is 0 Å². The molecule has 0 saturated carbocycles. The van der Waals surface area contributed by atoms with E-state index in [0.29, 0.717) is 6.42 Å². The summed E-state index contributed by atoms with van der Waals surface area (Å²) >= 11 is 8.95. The molecule has 24 heavy (non-hydrogen) atoms. The van der Waals surface area contributed by atoms with Gasteiger partial charge in [0.1, 0.15) is 11.9 Å². The first-order chi connectivity index (χ1) is 11.4. The zero-order valence-electron chi connectivity index (χ0n) is 12.8. The summed E-state index contributed by atoms with van der Waals surface area (Å²) < 4.78 is 19.0. The third kappa shape index (κ3) is 3.43. The minimum atomic E-state index is -0.533. The van der Waals surface area contributed by atoms with Crippen LogP contribution in [0.5, 0.6) is 0 Å². The topological polar surface area (TPSA) is 67.4 Å². The van der Waals surface area contributed by atoms with Crippen LogP contribution in [-0.4, -0.2) is 37.6 Å². The highest BCUT2D eigenvalue weighted by atomic mass is 79.9. The van der Waals surface area contributed by atoms with Gasteiger partial charge in [0.15, 0.2) is 0 Å². The SMILES string of the molecule is O=C(NCC1CC2(CCNCC2)C(=O)O1)c1cc(Br)c(F)cc1Cl. The van der Waals surface area contributed by atoms with Gasteiger partial charge in [-0.05, 0) is 54.0 Å². The van der Waals surface area contributed by atoms with E-state index in [-0.39, 0.29) is 33.7 Å². The third-order valence-corrected chi connectivity index (χ3v) is 5.55. The van der Waals surface area contributed by atoms with E-state index < -0.39 is 17.1 Å². The number of nitrogens with one attached hydrogen (secondary N) is 2. The van der Waals surface area contributed by atoms with E-state index in [9.17, 15) is 14.0 Å². The highest BCUT2D eigenvalue weighted by Gasteiger charge is 2.49. The molecular weight excluding hydrogens is 403 g/mol. The van der Waals surface area contributed by atoms with Gasteiger partial charge in [-0.3, -0.25) is 9.59 Å². The smallest absolute Gasteiger partial charge is 0.312 e. The average Bonchev–Trinajstić information content (AvgIpc) is 2.85. The van der Waals surface area contributed by atoms with Crippen molar-refractivity contribution in [3.05, 3.63) is 33.0 Å².